The second-order valence-electron chi connectivity index (χ2n) is 6.48. The molecule has 1 N–H and O–H groups in total. The van der Waals surface area contributed by atoms with Gasteiger partial charge in [0.25, 0.3) is 0 Å². The van der Waals surface area contributed by atoms with Crippen LogP contribution in [-0.2, 0) is 13.2 Å². The summed E-state index contributed by atoms with van der Waals surface area (Å²) in [4.78, 5) is 0. The second-order valence-corrected chi connectivity index (χ2v) is 6.48. The first-order valence-electron chi connectivity index (χ1n) is 7.45. The highest BCUT2D eigenvalue weighted by molar-refractivity contribution is 5.30. The summed E-state index contributed by atoms with van der Waals surface area (Å²) in [5, 5.41) is 3.53. The predicted molar refractivity (Wildman–Crippen MR) is 88.5 cm³/mol. The number of hydrogen-bond acceptors (Lipinski definition) is 2. The Kier molecular flexibility index (Phi) is 5.03. The number of ether oxygens (including phenoxy) is 1. The highest BCUT2D eigenvalue weighted by Crippen LogP contribution is 2.17. The Morgan fingerprint density at radius 1 is 0.952 bits per heavy atom. The zero-order valence-corrected chi connectivity index (χ0v) is 13.4. The molecule has 0 spiro atoms. The highest BCUT2D eigenvalue weighted by Gasteiger charge is 2.10. The SMILES string of the molecule is Cc1cccc(OCc2ccccc2CNC(C)(C)C)c1. The van der Waals surface area contributed by atoms with Crippen molar-refractivity contribution in [2.45, 2.75) is 46.4 Å². The molecule has 21 heavy (non-hydrogen) atoms. The summed E-state index contributed by atoms with van der Waals surface area (Å²) < 4.78 is 5.92. The third-order valence-corrected chi connectivity index (χ3v) is 3.31. The predicted octanol–water partition coefficient (Wildman–Crippen LogP) is 4.46. The molecule has 0 atom stereocenters. The van der Waals surface area contributed by atoms with Gasteiger partial charge in [0, 0.05) is 12.1 Å². The lowest BCUT2D eigenvalue weighted by Crippen LogP contribution is -2.35. The van der Waals surface area contributed by atoms with Gasteiger partial charge in [0.2, 0.25) is 0 Å². The lowest BCUT2D eigenvalue weighted by molar-refractivity contribution is 0.303. The van der Waals surface area contributed by atoms with Gasteiger partial charge in [-0.1, -0.05) is 36.4 Å². The summed E-state index contributed by atoms with van der Waals surface area (Å²) in [6.45, 7) is 10.1. The van der Waals surface area contributed by atoms with E-state index in [1.807, 2.05) is 12.1 Å². The van der Waals surface area contributed by atoms with Crippen molar-refractivity contribution in [3.8, 4) is 5.75 Å². The quantitative estimate of drug-likeness (QED) is 0.874. The first-order chi connectivity index (χ1) is 9.94. The van der Waals surface area contributed by atoms with E-state index in [9.17, 15) is 0 Å². The molecular formula is C19H25NO. The van der Waals surface area contributed by atoms with Crippen LogP contribution in [0.25, 0.3) is 0 Å². The fourth-order valence-corrected chi connectivity index (χ4v) is 2.10. The van der Waals surface area contributed by atoms with Crippen molar-refractivity contribution in [1.29, 1.82) is 0 Å². The van der Waals surface area contributed by atoms with Crippen molar-refractivity contribution >= 4 is 0 Å². The fourth-order valence-electron chi connectivity index (χ4n) is 2.10. The lowest BCUT2D eigenvalue weighted by atomic mass is 10.1. The first-order valence-corrected chi connectivity index (χ1v) is 7.45. The zero-order valence-electron chi connectivity index (χ0n) is 13.4. The molecule has 0 heterocycles. The van der Waals surface area contributed by atoms with Crippen LogP contribution in [0.3, 0.4) is 0 Å². The van der Waals surface area contributed by atoms with Crippen LogP contribution in [-0.4, -0.2) is 5.54 Å². The molecule has 2 heteroatoms. The Hall–Kier alpha value is -1.80. The van der Waals surface area contributed by atoms with Gasteiger partial charge in [0.1, 0.15) is 12.4 Å². The maximum absolute atomic E-state index is 5.92. The Bertz CT molecular complexity index is 584. The molecule has 0 aliphatic heterocycles. The molecule has 0 bridgehead atoms. The van der Waals surface area contributed by atoms with Gasteiger partial charge in [0.05, 0.1) is 0 Å². The van der Waals surface area contributed by atoms with Gasteiger partial charge in [-0.2, -0.15) is 0 Å². The summed E-state index contributed by atoms with van der Waals surface area (Å²) in [6.07, 6.45) is 0. The van der Waals surface area contributed by atoms with Gasteiger partial charge in [-0.3, -0.25) is 0 Å². The van der Waals surface area contributed by atoms with Crippen LogP contribution in [0.5, 0.6) is 5.75 Å². The second kappa shape index (κ2) is 6.77. The van der Waals surface area contributed by atoms with E-state index >= 15 is 0 Å². The molecule has 2 aromatic carbocycles. The molecule has 2 rings (SSSR count). The third kappa shape index (κ3) is 5.24. The minimum Gasteiger partial charge on any atom is -0.489 e. The van der Waals surface area contributed by atoms with Gasteiger partial charge >= 0.3 is 0 Å². The summed E-state index contributed by atoms with van der Waals surface area (Å²) in [5.74, 6) is 0.925. The normalized spacial score (nSPS) is 11.4. The summed E-state index contributed by atoms with van der Waals surface area (Å²) in [6, 6.07) is 16.6. The Morgan fingerprint density at radius 2 is 1.67 bits per heavy atom. The maximum Gasteiger partial charge on any atom is 0.120 e. The standard InChI is InChI=1S/C19H25NO/c1-15-8-7-11-18(12-15)21-14-17-10-6-5-9-16(17)13-20-19(2,3)4/h5-12,20H,13-14H2,1-4H3. The Morgan fingerprint density at radius 3 is 2.33 bits per heavy atom. The van der Waals surface area contributed by atoms with E-state index in [2.05, 4.69) is 69.4 Å². The van der Waals surface area contributed by atoms with Crippen molar-refractivity contribution in [1.82, 2.24) is 5.32 Å². The van der Waals surface area contributed by atoms with E-state index in [1.54, 1.807) is 0 Å². The molecule has 0 aliphatic rings. The van der Waals surface area contributed by atoms with Gasteiger partial charge in [-0.05, 0) is 56.5 Å². The summed E-state index contributed by atoms with van der Waals surface area (Å²) >= 11 is 0. The molecule has 0 aliphatic carbocycles. The molecular weight excluding hydrogens is 258 g/mol. The Balaban J connectivity index is 2.03. The van der Waals surface area contributed by atoms with Crippen LogP contribution in [0.1, 0.15) is 37.5 Å². The van der Waals surface area contributed by atoms with Crippen LogP contribution in [0.2, 0.25) is 0 Å². The van der Waals surface area contributed by atoms with Crippen molar-refractivity contribution in [3.05, 3.63) is 65.2 Å². The highest BCUT2D eigenvalue weighted by atomic mass is 16.5. The van der Waals surface area contributed by atoms with Crippen LogP contribution in [0.15, 0.2) is 48.5 Å². The van der Waals surface area contributed by atoms with Crippen LogP contribution in [0, 0.1) is 6.92 Å². The lowest BCUT2D eigenvalue weighted by Gasteiger charge is -2.21. The van der Waals surface area contributed by atoms with Crippen molar-refractivity contribution in [3.63, 3.8) is 0 Å². The van der Waals surface area contributed by atoms with Gasteiger partial charge in [-0.15, -0.1) is 0 Å². The molecule has 0 saturated heterocycles. The van der Waals surface area contributed by atoms with E-state index in [0.717, 1.165) is 12.3 Å². The largest absolute Gasteiger partial charge is 0.489 e. The fraction of sp³-hybridized carbons (Fsp3) is 0.368. The average molecular weight is 283 g/mol. The monoisotopic (exact) mass is 283 g/mol. The van der Waals surface area contributed by atoms with Gasteiger partial charge < -0.3 is 10.1 Å². The molecule has 0 amide bonds. The molecule has 2 aromatic rings. The number of benzene rings is 2. The average Bonchev–Trinajstić information content (AvgIpc) is 2.43. The molecule has 2 nitrogen and oxygen atoms in total. The molecule has 0 fully saturated rings. The van der Waals surface area contributed by atoms with E-state index in [1.165, 1.54) is 16.7 Å². The van der Waals surface area contributed by atoms with E-state index < -0.39 is 0 Å². The minimum absolute atomic E-state index is 0.116. The molecule has 0 aromatic heterocycles. The van der Waals surface area contributed by atoms with Gasteiger partial charge in [0.15, 0.2) is 0 Å². The number of aryl methyl sites for hydroxylation is 1. The van der Waals surface area contributed by atoms with Gasteiger partial charge in [-0.25, -0.2) is 0 Å². The molecule has 0 saturated carbocycles. The number of rotatable bonds is 5. The number of hydrogen-bond donors (Lipinski definition) is 1. The van der Waals surface area contributed by atoms with Crippen LogP contribution >= 0.6 is 0 Å². The van der Waals surface area contributed by atoms with E-state index in [4.69, 9.17) is 4.74 Å². The van der Waals surface area contributed by atoms with Crippen molar-refractivity contribution in [2.24, 2.45) is 0 Å². The third-order valence-electron chi connectivity index (χ3n) is 3.31. The summed E-state index contributed by atoms with van der Waals surface area (Å²) in [5.41, 5.74) is 3.86. The molecule has 0 unspecified atom stereocenters. The van der Waals surface area contributed by atoms with E-state index in [-0.39, 0.29) is 5.54 Å². The minimum atomic E-state index is 0.116. The summed E-state index contributed by atoms with van der Waals surface area (Å²) in [7, 11) is 0. The number of nitrogens with one attached hydrogen (secondary N) is 1. The van der Waals surface area contributed by atoms with Crippen LogP contribution in [0.4, 0.5) is 0 Å². The van der Waals surface area contributed by atoms with Crippen molar-refractivity contribution in [2.75, 3.05) is 0 Å². The first kappa shape index (κ1) is 15.6. The topological polar surface area (TPSA) is 21.3 Å². The maximum atomic E-state index is 5.92. The van der Waals surface area contributed by atoms with E-state index in [0.29, 0.717) is 6.61 Å². The smallest absolute Gasteiger partial charge is 0.120 e. The van der Waals surface area contributed by atoms with Crippen molar-refractivity contribution < 1.29 is 4.74 Å². The van der Waals surface area contributed by atoms with Crippen LogP contribution < -0.4 is 10.1 Å². The molecule has 112 valence electrons. The Labute approximate surface area is 128 Å². The zero-order chi connectivity index (χ0) is 15.3. The molecule has 0 radical (unpaired) electrons.